The summed E-state index contributed by atoms with van der Waals surface area (Å²) in [5.41, 5.74) is 0.769. The molecule has 0 amide bonds. The van der Waals surface area contributed by atoms with Crippen molar-refractivity contribution >= 4 is 17.0 Å². The number of fused-ring (bicyclic) bond motifs is 1. The average Bonchev–Trinajstić information content (AvgIpc) is 2.80. The number of pyridine rings is 1. The van der Waals surface area contributed by atoms with Crippen molar-refractivity contribution in [3.05, 3.63) is 51.7 Å². The van der Waals surface area contributed by atoms with Crippen molar-refractivity contribution in [3.63, 3.8) is 0 Å². The first-order chi connectivity index (χ1) is 9.95. The summed E-state index contributed by atoms with van der Waals surface area (Å²) in [4.78, 5) is 32.8. The summed E-state index contributed by atoms with van der Waals surface area (Å²) >= 11 is 0. The lowest BCUT2D eigenvalue weighted by atomic mass is 10.2. The van der Waals surface area contributed by atoms with Crippen LogP contribution in [-0.2, 0) is 0 Å². The van der Waals surface area contributed by atoms with Crippen LogP contribution in [0.1, 0.15) is 16.1 Å². The van der Waals surface area contributed by atoms with E-state index in [0.29, 0.717) is 5.69 Å². The number of carboxylic acids is 1. The van der Waals surface area contributed by atoms with E-state index in [1.807, 2.05) is 0 Å². The third-order valence-electron chi connectivity index (χ3n) is 3.09. The Hall–Kier alpha value is -2.96. The summed E-state index contributed by atoms with van der Waals surface area (Å²) in [5, 5.41) is 9.09. The molecule has 0 atom stereocenters. The van der Waals surface area contributed by atoms with E-state index >= 15 is 0 Å². The number of carbonyl (C=O) groups is 1. The number of aromatic amines is 2. The fourth-order valence-corrected chi connectivity index (χ4v) is 2.13. The molecule has 2 heterocycles. The summed E-state index contributed by atoms with van der Waals surface area (Å²) in [7, 11) is 0. The first kappa shape index (κ1) is 13.0. The lowest BCUT2D eigenvalue weighted by Gasteiger charge is -1.96. The van der Waals surface area contributed by atoms with E-state index in [4.69, 9.17) is 5.11 Å². The van der Waals surface area contributed by atoms with Gasteiger partial charge in [-0.25, -0.2) is 14.2 Å². The van der Waals surface area contributed by atoms with Crippen molar-refractivity contribution < 1.29 is 14.3 Å². The van der Waals surface area contributed by atoms with E-state index in [9.17, 15) is 14.0 Å². The zero-order valence-corrected chi connectivity index (χ0v) is 10.9. The Morgan fingerprint density at radius 2 is 2.10 bits per heavy atom. The van der Waals surface area contributed by atoms with E-state index in [-0.39, 0.29) is 33.4 Å². The minimum atomic E-state index is -1.28. The molecule has 0 radical (unpaired) electrons. The predicted octanol–water partition coefficient (Wildman–Crippen LogP) is 2.06. The SMILES string of the molecule is Cc1cc(=O)c(-c2nc3c(C(=O)O)cc(F)cc3[nH]2)c[nH]1. The minimum Gasteiger partial charge on any atom is -0.478 e. The first-order valence-electron chi connectivity index (χ1n) is 6.08. The number of hydrogen-bond acceptors (Lipinski definition) is 3. The maximum atomic E-state index is 13.4. The zero-order chi connectivity index (χ0) is 15.1. The Morgan fingerprint density at radius 1 is 1.33 bits per heavy atom. The van der Waals surface area contributed by atoms with Gasteiger partial charge in [0.15, 0.2) is 5.43 Å². The number of benzene rings is 1. The van der Waals surface area contributed by atoms with Crippen LogP contribution in [0.2, 0.25) is 0 Å². The Balaban J connectivity index is 2.28. The molecule has 21 heavy (non-hydrogen) atoms. The van der Waals surface area contributed by atoms with Crippen molar-refractivity contribution in [2.45, 2.75) is 6.92 Å². The van der Waals surface area contributed by atoms with Gasteiger partial charge >= 0.3 is 5.97 Å². The largest absolute Gasteiger partial charge is 0.478 e. The first-order valence-corrected chi connectivity index (χ1v) is 6.08. The third-order valence-corrected chi connectivity index (χ3v) is 3.09. The smallest absolute Gasteiger partial charge is 0.338 e. The van der Waals surface area contributed by atoms with E-state index in [0.717, 1.165) is 12.1 Å². The number of halogens is 1. The van der Waals surface area contributed by atoms with Crippen LogP contribution >= 0.6 is 0 Å². The van der Waals surface area contributed by atoms with Gasteiger partial charge in [0.25, 0.3) is 0 Å². The molecule has 0 unspecified atom stereocenters. The standard InChI is InChI=1S/C14H10FN3O3/c1-6-2-11(19)9(5-16-6)13-17-10-4-7(15)3-8(14(20)21)12(10)18-13/h2-5H,1H3,(H,16,19)(H,17,18)(H,20,21). The van der Waals surface area contributed by atoms with Crippen molar-refractivity contribution in [1.82, 2.24) is 15.0 Å². The number of imidazole rings is 1. The van der Waals surface area contributed by atoms with Gasteiger partial charge in [-0.05, 0) is 19.1 Å². The Kier molecular flexibility index (Phi) is 2.83. The van der Waals surface area contributed by atoms with Crippen LogP contribution in [0.3, 0.4) is 0 Å². The number of aromatic nitrogens is 3. The van der Waals surface area contributed by atoms with Gasteiger partial charge in [0, 0.05) is 18.0 Å². The third kappa shape index (κ3) is 2.18. The molecule has 3 rings (SSSR count). The van der Waals surface area contributed by atoms with Gasteiger partial charge in [-0.1, -0.05) is 0 Å². The molecule has 0 bridgehead atoms. The van der Waals surface area contributed by atoms with Gasteiger partial charge in [0.1, 0.15) is 17.2 Å². The van der Waals surface area contributed by atoms with E-state index < -0.39 is 11.8 Å². The van der Waals surface area contributed by atoms with Gasteiger partial charge in [0.05, 0.1) is 16.6 Å². The van der Waals surface area contributed by atoms with Crippen molar-refractivity contribution in [1.29, 1.82) is 0 Å². The molecule has 0 saturated carbocycles. The molecule has 0 aliphatic carbocycles. The lowest BCUT2D eigenvalue weighted by Crippen LogP contribution is -2.05. The quantitative estimate of drug-likeness (QED) is 0.671. The predicted molar refractivity (Wildman–Crippen MR) is 73.8 cm³/mol. The monoisotopic (exact) mass is 287 g/mol. The highest BCUT2D eigenvalue weighted by molar-refractivity contribution is 6.01. The van der Waals surface area contributed by atoms with Gasteiger partial charge < -0.3 is 15.1 Å². The highest BCUT2D eigenvalue weighted by atomic mass is 19.1. The summed E-state index contributed by atoms with van der Waals surface area (Å²) in [6, 6.07) is 3.44. The maximum Gasteiger partial charge on any atom is 0.338 e. The second-order valence-corrected chi connectivity index (χ2v) is 4.63. The van der Waals surface area contributed by atoms with Crippen LogP contribution in [-0.4, -0.2) is 26.0 Å². The van der Waals surface area contributed by atoms with Gasteiger partial charge in [-0.3, -0.25) is 4.79 Å². The fraction of sp³-hybridized carbons (Fsp3) is 0.0714. The van der Waals surface area contributed by atoms with Crippen LogP contribution in [0, 0.1) is 12.7 Å². The van der Waals surface area contributed by atoms with Crippen LogP contribution in [0.15, 0.2) is 29.2 Å². The fourth-order valence-electron chi connectivity index (χ4n) is 2.13. The molecular weight excluding hydrogens is 277 g/mol. The maximum absolute atomic E-state index is 13.4. The second kappa shape index (κ2) is 4.55. The normalized spacial score (nSPS) is 11.0. The van der Waals surface area contributed by atoms with Gasteiger partial charge in [-0.15, -0.1) is 0 Å². The van der Waals surface area contributed by atoms with Crippen molar-refractivity contribution in [2.24, 2.45) is 0 Å². The van der Waals surface area contributed by atoms with Crippen molar-refractivity contribution in [3.8, 4) is 11.4 Å². The molecule has 2 aromatic heterocycles. The zero-order valence-electron chi connectivity index (χ0n) is 10.9. The van der Waals surface area contributed by atoms with Gasteiger partial charge in [0.2, 0.25) is 0 Å². The van der Waals surface area contributed by atoms with Crippen LogP contribution < -0.4 is 5.43 Å². The summed E-state index contributed by atoms with van der Waals surface area (Å²) < 4.78 is 13.4. The second-order valence-electron chi connectivity index (χ2n) is 4.63. The van der Waals surface area contributed by atoms with E-state index in [1.54, 1.807) is 6.92 Å². The summed E-state index contributed by atoms with van der Waals surface area (Å²) in [5.74, 6) is -1.78. The molecule has 1 aromatic carbocycles. The molecule has 106 valence electrons. The number of rotatable bonds is 2. The van der Waals surface area contributed by atoms with Crippen molar-refractivity contribution in [2.75, 3.05) is 0 Å². The molecular formula is C14H10FN3O3. The number of hydrogen-bond donors (Lipinski definition) is 3. The Labute approximate surface area is 117 Å². The summed E-state index contributed by atoms with van der Waals surface area (Å²) in [6.45, 7) is 1.74. The van der Waals surface area contributed by atoms with Gasteiger partial charge in [-0.2, -0.15) is 0 Å². The summed E-state index contributed by atoms with van der Waals surface area (Å²) in [6.07, 6.45) is 1.48. The average molecular weight is 287 g/mol. The molecule has 0 aliphatic rings. The topological polar surface area (TPSA) is 98.8 Å². The van der Waals surface area contributed by atoms with Crippen LogP contribution in [0.5, 0.6) is 0 Å². The molecule has 7 heteroatoms. The molecule has 6 nitrogen and oxygen atoms in total. The molecule has 3 N–H and O–H groups in total. The molecule has 0 aliphatic heterocycles. The molecule has 0 fully saturated rings. The molecule has 0 saturated heterocycles. The van der Waals surface area contributed by atoms with E-state index in [1.165, 1.54) is 12.3 Å². The number of H-pyrrole nitrogens is 2. The number of nitrogens with zero attached hydrogens (tertiary/aromatic N) is 1. The van der Waals surface area contributed by atoms with Crippen LogP contribution in [0.25, 0.3) is 22.4 Å². The van der Waals surface area contributed by atoms with Crippen LogP contribution in [0.4, 0.5) is 4.39 Å². The Morgan fingerprint density at radius 3 is 2.76 bits per heavy atom. The van der Waals surface area contributed by atoms with E-state index in [2.05, 4.69) is 15.0 Å². The molecule has 3 aromatic rings. The number of aromatic carboxylic acids is 1. The highest BCUT2D eigenvalue weighted by Gasteiger charge is 2.16. The highest BCUT2D eigenvalue weighted by Crippen LogP contribution is 2.22. The number of carboxylic acid groups (broad SMARTS) is 1. The Bertz CT molecular complexity index is 927. The molecule has 0 spiro atoms. The minimum absolute atomic E-state index is 0.110. The lowest BCUT2D eigenvalue weighted by molar-refractivity contribution is 0.0698. The number of aryl methyl sites for hydroxylation is 1. The number of nitrogens with one attached hydrogen (secondary N) is 2.